The second-order valence-electron chi connectivity index (χ2n) is 5.17. The molecule has 6 heteroatoms. The monoisotopic (exact) mass is 313 g/mol. The van der Waals surface area contributed by atoms with Crippen LogP contribution in [-0.4, -0.2) is 41.6 Å². The maximum absolute atomic E-state index is 12.0. The van der Waals surface area contributed by atoms with Crippen molar-refractivity contribution in [3.8, 4) is 5.75 Å². The summed E-state index contributed by atoms with van der Waals surface area (Å²) in [6.07, 6.45) is 0.518. The van der Waals surface area contributed by atoms with Crippen LogP contribution in [0.15, 0.2) is 18.2 Å². The number of amides is 1. The number of hydrogen-bond acceptors (Lipinski definition) is 3. The maximum atomic E-state index is 12.0. The Labute approximate surface area is 130 Å². The van der Waals surface area contributed by atoms with Gasteiger partial charge in [0.25, 0.3) is 5.91 Å². The van der Waals surface area contributed by atoms with Gasteiger partial charge < -0.3 is 14.7 Å². The predicted octanol–water partition coefficient (Wildman–Crippen LogP) is 2.04. The number of carboxylic acids is 1. The molecule has 1 heterocycles. The van der Waals surface area contributed by atoms with Gasteiger partial charge in [-0.15, -0.1) is 12.4 Å². The van der Waals surface area contributed by atoms with Gasteiger partial charge in [0.15, 0.2) is 6.61 Å². The van der Waals surface area contributed by atoms with Crippen molar-refractivity contribution in [1.82, 2.24) is 4.90 Å². The van der Waals surface area contributed by atoms with E-state index in [9.17, 15) is 9.59 Å². The van der Waals surface area contributed by atoms with Crippen LogP contribution in [0.5, 0.6) is 5.75 Å². The van der Waals surface area contributed by atoms with Gasteiger partial charge in [-0.1, -0.05) is 18.2 Å². The van der Waals surface area contributed by atoms with Gasteiger partial charge in [0.2, 0.25) is 0 Å². The quantitative estimate of drug-likeness (QED) is 0.923. The Bertz CT molecular complexity index is 512. The fourth-order valence-corrected chi connectivity index (χ4v) is 2.44. The largest absolute Gasteiger partial charge is 0.483 e. The number of rotatable bonds is 4. The zero-order valence-electron chi connectivity index (χ0n) is 12.2. The molecule has 1 fully saturated rings. The third-order valence-electron chi connectivity index (χ3n) is 3.64. The maximum Gasteiger partial charge on any atom is 0.308 e. The van der Waals surface area contributed by atoms with Gasteiger partial charge in [0.05, 0.1) is 5.92 Å². The Kier molecular flexibility index (Phi) is 6.03. The lowest BCUT2D eigenvalue weighted by Gasteiger charge is -2.17. The van der Waals surface area contributed by atoms with E-state index in [1.807, 2.05) is 32.0 Å². The first-order valence-electron chi connectivity index (χ1n) is 6.68. The molecule has 0 bridgehead atoms. The molecule has 0 aromatic heterocycles. The van der Waals surface area contributed by atoms with Crippen molar-refractivity contribution in [2.24, 2.45) is 5.92 Å². The Balaban J connectivity index is 0.00000220. The fourth-order valence-electron chi connectivity index (χ4n) is 2.44. The van der Waals surface area contributed by atoms with Crippen molar-refractivity contribution in [1.29, 1.82) is 0 Å². The number of likely N-dealkylation sites (tertiary alicyclic amines) is 1. The van der Waals surface area contributed by atoms with E-state index in [-0.39, 0.29) is 31.5 Å². The standard InChI is InChI=1S/C15H19NO4.ClH/c1-10-4-3-5-11(2)14(10)20-9-13(17)16-7-6-12(8-16)15(18)19;/h3-5,12H,6-9H2,1-2H3,(H,18,19);1H. The molecule has 1 saturated heterocycles. The summed E-state index contributed by atoms with van der Waals surface area (Å²) in [6, 6.07) is 5.81. The molecular weight excluding hydrogens is 294 g/mol. The van der Waals surface area contributed by atoms with E-state index < -0.39 is 11.9 Å². The zero-order valence-corrected chi connectivity index (χ0v) is 13.0. The van der Waals surface area contributed by atoms with Crippen LogP contribution in [-0.2, 0) is 9.59 Å². The average Bonchev–Trinajstić information content (AvgIpc) is 2.87. The van der Waals surface area contributed by atoms with Crippen LogP contribution in [0.2, 0.25) is 0 Å². The molecule has 0 saturated carbocycles. The molecule has 1 aromatic rings. The molecule has 1 N–H and O–H groups in total. The molecule has 1 aromatic carbocycles. The molecule has 0 aliphatic carbocycles. The number of halogens is 1. The number of aliphatic carboxylic acids is 1. The third kappa shape index (κ3) is 4.11. The number of carbonyl (C=O) groups is 2. The Morgan fingerprint density at radius 2 is 1.95 bits per heavy atom. The summed E-state index contributed by atoms with van der Waals surface area (Å²) in [5.74, 6) is -0.707. The normalized spacial score (nSPS) is 17.2. The second kappa shape index (κ2) is 7.31. The lowest BCUT2D eigenvalue weighted by atomic mass is 10.1. The first kappa shape index (κ1) is 17.3. The predicted molar refractivity (Wildman–Crippen MR) is 81.0 cm³/mol. The van der Waals surface area contributed by atoms with Crippen LogP contribution >= 0.6 is 12.4 Å². The van der Waals surface area contributed by atoms with Gasteiger partial charge in [0.1, 0.15) is 5.75 Å². The van der Waals surface area contributed by atoms with Crippen molar-refractivity contribution in [3.63, 3.8) is 0 Å². The van der Waals surface area contributed by atoms with E-state index in [4.69, 9.17) is 9.84 Å². The van der Waals surface area contributed by atoms with Crippen LogP contribution in [0, 0.1) is 19.8 Å². The van der Waals surface area contributed by atoms with Gasteiger partial charge in [0, 0.05) is 13.1 Å². The molecular formula is C15H20ClNO4. The highest BCUT2D eigenvalue weighted by Crippen LogP contribution is 2.23. The summed E-state index contributed by atoms with van der Waals surface area (Å²) in [7, 11) is 0. The number of hydrogen-bond donors (Lipinski definition) is 1. The van der Waals surface area contributed by atoms with Gasteiger partial charge in [-0.2, -0.15) is 0 Å². The van der Waals surface area contributed by atoms with Crippen molar-refractivity contribution in [2.75, 3.05) is 19.7 Å². The highest BCUT2D eigenvalue weighted by Gasteiger charge is 2.30. The lowest BCUT2D eigenvalue weighted by Crippen LogP contribution is -2.34. The Hall–Kier alpha value is -1.75. The highest BCUT2D eigenvalue weighted by molar-refractivity contribution is 5.85. The summed E-state index contributed by atoms with van der Waals surface area (Å²) >= 11 is 0. The molecule has 21 heavy (non-hydrogen) atoms. The minimum Gasteiger partial charge on any atom is -0.483 e. The molecule has 116 valence electrons. The fraction of sp³-hybridized carbons (Fsp3) is 0.467. The molecule has 2 rings (SSSR count). The van der Waals surface area contributed by atoms with Gasteiger partial charge >= 0.3 is 5.97 Å². The summed E-state index contributed by atoms with van der Waals surface area (Å²) in [5.41, 5.74) is 1.98. The van der Waals surface area contributed by atoms with Crippen molar-refractivity contribution in [2.45, 2.75) is 20.3 Å². The Morgan fingerprint density at radius 1 is 1.33 bits per heavy atom. The van der Waals surface area contributed by atoms with E-state index >= 15 is 0 Å². The van der Waals surface area contributed by atoms with Gasteiger partial charge in [-0.25, -0.2) is 0 Å². The minimum absolute atomic E-state index is 0. The van der Waals surface area contributed by atoms with Crippen molar-refractivity contribution < 1.29 is 19.4 Å². The zero-order chi connectivity index (χ0) is 14.7. The number of para-hydroxylation sites is 1. The number of aryl methyl sites for hydroxylation is 2. The topological polar surface area (TPSA) is 66.8 Å². The number of ether oxygens (including phenoxy) is 1. The molecule has 1 aliphatic heterocycles. The third-order valence-corrected chi connectivity index (χ3v) is 3.64. The van der Waals surface area contributed by atoms with E-state index in [1.165, 1.54) is 0 Å². The van der Waals surface area contributed by atoms with Gasteiger partial charge in [-0.05, 0) is 31.4 Å². The smallest absolute Gasteiger partial charge is 0.308 e. The van der Waals surface area contributed by atoms with E-state index in [1.54, 1.807) is 4.90 Å². The number of benzene rings is 1. The summed E-state index contributed by atoms with van der Waals surface area (Å²) < 4.78 is 5.60. The number of nitrogens with zero attached hydrogens (tertiary/aromatic N) is 1. The molecule has 1 amide bonds. The van der Waals surface area contributed by atoms with Crippen molar-refractivity contribution >= 4 is 24.3 Å². The molecule has 5 nitrogen and oxygen atoms in total. The van der Waals surface area contributed by atoms with Gasteiger partial charge in [-0.3, -0.25) is 9.59 Å². The van der Waals surface area contributed by atoms with Crippen LogP contribution in [0.3, 0.4) is 0 Å². The van der Waals surface area contributed by atoms with E-state index in [2.05, 4.69) is 0 Å². The van der Waals surface area contributed by atoms with Crippen LogP contribution in [0.1, 0.15) is 17.5 Å². The van der Waals surface area contributed by atoms with Crippen LogP contribution < -0.4 is 4.74 Å². The summed E-state index contributed by atoms with van der Waals surface area (Å²) in [6.45, 7) is 4.60. The highest BCUT2D eigenvalue weighted by atomic mass is 35.5. The molecule has 1 unspecified atom stereocenters. The molecule has 0 radical (unpaired) electrons. The van der Waals surface area contributed by atoms with Crippen LogP contribution in [0.4, 0.5) is 0 Å². The van der Waals surface area contributed by atoms with E-state index in [0.717, 1.165) is 16.9 Å². The SMILES string of the molecule is Cc1cccc(C)c1OCC(=O)N1CCC(C(=O)O)C1.Cl. The average molecular weight is 314 g/mol. The molecule has 1 aliphatic rings. The summed E-state index contributed by atoms with van der Waals surface area (Å²) in [4.78, 5) is 24.4. The molecule has 0 spiro atoms. The molecule has 1 atom stereocenters. The number of carbonyl (C=O) groups excluding carboxylic acids is 1. The minimum atomic E-state index is -0.837. The first-order chi connectivity index (χ1) is 9.49. The lowest BCUT2D eigenvalue weighted by molar-refractivity contribution is -0.141. The summed E-state index contributed by atoms with van der Waals surface area (Å²) in [5, 5.41) is 8.92. The van der Waals surface area contributed by atoms with Crippen LogP contribution in [0.25, 0.3) is 0 Å². The Morgan fingerprint density at radius 3 is 2.48 bits per heavy atom. The first-order valence-corrected chi connectivity index (χ1v) is 6.68. The number of carboxylic acid groups (broad SMARTS) is 1. The second-order valence-corrected chi connectivity index (χ2v) is 5.17. The van der Waals surface area contributed by atoms with E-state index in [0.29, 0.717) is 13.0 Å². The van der Waals surface area contributed by atoms with Crippen molar-refractivity contribution in [3.05, 3.63) is 29.3 Å².